The van der Waals surface area contributed by atoms with Crippen LogP contribution < -0.4 is 9.16 Å². The van der Waals surface area contributed by atoms with Crippen molar-refractivity contribution in [2.24, 2.45) is 0 Å². The van der Waals surface area contributed by atoms with Crippen LogP contribution in [-0.4, -0.2) is 18.5 Å². The van der Waals surface area contributed by atoms with Gasteiger partial charge in [-0.15, -0.1) is 11.8 Å². The quantitative estimate of drug-likeness (QED) is 0.301. The van der Waals surface area contributed by atoms with E-state index in [9.17, 15) is 14.6 Å². The lowest BCUT2D eigenvalue weighted by atomic mass is 10.00. The van der Waals surface area contributed by atoms with Gasteiger partial charge in [-0.3, -0.25) is 0 Å². The Morgan fingerprint density at radius 2 is 1.50 bits per heavy atom. The molecule has 36 heavy (non-hydrogen) atoms. The fraction of sp³-hybridized carbons (Fsp3) is 0.379. The standard InChI is InChI=1S/C29H35FO4SSi/c1-17(2)36(18(3)4,19(5)6)34-23-12-10-20(11-13-23)27-28(21-8-7-9-22(31)16-21)35-29-25(33-27)15-14-24(32)26(29)30/h7-19,27-28,31-32H,1-6H3/t27?,28-/m0/s1. The van der Waals surface area contributed by atoms with Crippen LogP contribution in [0.5, 0.6) is 23.0 Å². The lowest BCUT2D eigenvalue weighted by molar-refractivity contribution is 0.188. The minimum atomic E-state index is -2.09. The molecule has 0 saturated heterocycles. The summed E-state index contributed by atoms with van der Waals surface area (Å²) in [5.74, 6) is 0.281. The molecule has 7 heteroatoms. The fourth-order valence-corrected chi connectivity index (χ4v) is 12.2. The van der Waals surface area contributed by atoms with E-state index in [-0.39, 0.29) is 15.9 Å². The Morgan fingerprint density at radius 1 is 0.861 bits per heavy atom. The molecule has 2 atom stereocenters. The summed E-state index contributed by atoms with van der Waals surface area (Å²) in [5, 5.41) is 19.7. The van der Waals surface area contributed by atoms with Crippen LogP contribution in [0.4, 0.5) is 4.39 Å². The predicted octanol–water partition coefficient (Wildman–Crippen LogP) is 8.76. The van der Waals surface area contributed by atoms with Gasteiger partial charge in [0.2, 0.25) is 0 Å². The molecule has 4 nitrogen and oxygen atoms in total. The van der Waals surface area contributed by atoms with E-state index < -0.39 is 26.0 Å². The molecule has 0 amide bonds. The number of fused-ring (bicyclic) bond motifs is 1. The maximum absolute atomic E-state index is 14.8. The lowest BCUT2D eigenvalue weighted by Crippen LogP contribution is -2.50. The van der Waals surface area contributed by atoms with Crippen LogP contribution in [0.1, 0.15) is 64.0 Å². The molecule has 4 rings (SSSR count). The predicted molar refractivity (Wildman–Crippen MR) is 146 cm³/mol. The zero-order chi connectivity index (χ0) is 26.2. The van der Waals surface area contributed by atoms with Crippen molar-refractivity contribution in [3.8, 4) is 23.0 Å². The van der Waals surface area contributed by atoms with Gasteiger partial charge in [0.25, 0.3) is 8.32 Å². The summed E-state index contributed by atoms with van der Waals surface area (Å²) in [4.78, 5) is 0.265. The molecule has 192 valence electrons. The van der Waals surface area contributed by atoms with Gasteiger partial charge in [0.05, 0.1) is 10.1 Å². The second kappa shape index (κ2) is 10.4. The average Bonchev–Trinajstić information content (AvgIpc) is 2.84. The number of phenols is 2. The molecule has 0 aliphatic carbocycles. The van der Waals surface area contributed by atoms with Gasteiger partial charge in [-0.1, -0.05) is 65.8 Å². The normalized spacial score (nSPS) is 17.8. The first-order chi connectivity index (χ1) is 17.0. The van der Waals surface area contributed by atoms with E-state index in [1.54, 1.807) is 24.3 Å². The number of thioether (sulfide) groups is 1. The van der Waals surface area contributed by atoms with Gasteiger partial charge in [0.15, 0.2) is 11.6 Å². The average molecular weight is 527 g/mol. The molecule has 2 N–H and O–H groups in total. The topological polar surface area (TPSA) is 58.9 Å². The molecular weight excluding hydrogens is 491 g/mol. The fourth-order valence-electron chi connectivity index (χ4n) is 5.59. The Hall–Kier alpha value is -2.64. The van der Waals surface area contributed by atoms with E-state index in [1.807, 2.05) is 30.3 Å². The van der Waals surface area contributed by atoms with Crippen LogP contribution in [0.15, 0.2) is 65.6 Å². The number of rotatable bonds is 7. The van der Waals surface area contributed by atoms with Crippen LogP contribution in [0.25, 0.3) is 0 Å². The minimum absolute atomic E-state index is 0.134. The molecule has 1 unspecified atom stereocenters. The van der Waals surface area contributed by atoms with Gasteiger partial charge < -0.3 is 19.4 Å². The number of phenolic OH excluding ortho intramolecular Hbond substituents is 2. The molecule has 0 saturated carbocycles. The van der Waals surface area contributed by atoms with E-state index in [0.717, 1.165) is 16.9 Å². The Bertz CT molecular complexity index is 1190. The molecule has 3 aromatic rings. The van der Waals surface area contributed by atoms with Gasteiger partial charge in [-0.25, -0.2) is 4.39 Å². The number of hydrogen-bond acceptors (Lipinski definition) is 5. The van der Waals surface area contributed by atoms with Crippen LogP contribution >= 0.6 is 11.8 Å². The Labute approximate surface area is 218 Å². The molecule has 0 spiro atoms. The molecule has 0 aromatic heterocycles. The van der Waals surface area contributed by atoms with Crippen LogP contribution in [0.3, 0.4) is 0 Å². The first-order valence-corrected chi connectivity index (χ1v) is 15.5. The summed E-state index contributed by atoms with van der Waals surface area (Å²) in [6, 6.07) is 17.9. The Morgan fingerprint density at radius 3 is 2.08 bits per heavy atom. The van der Waals surface area contributed by atoms with Gasteiger partial charge in [0.1, 0.15) is 23.4 Å². The summed E-state index contributed by atoms with van der Waals surface area (Å²) < 4.78 is 27.9. The number of ether oxygens (including phenoxy) is 1. The third-order valence-corrected chi connectivity index (χ3v) is 14.6. The number of halogens is 1. The second-order valence-electron chi connectivity index (χ2n) is 10.4. The summed E-state index contributed by atoms with van der Waals surface area (Å²) >= 11 is 1.29. The maximum Gasteiger partial charge on any atom is 0.258 e. The summed E-state index contributed by atoms with van der Waals surface area (Å²) in [6.07, 6.45) is -0.426. The van der Waals surface area contributed by atoms with Gasteiger partial charge >= 0.3 is 0 Å². The number of aromatic hydroxyl groups is 2. The summed E-state index contributed by atoms with van der Waals surface area (Å²) in [6.45, 7) is 13.6. The van der Waals surface area contributed by atoms with E-state index in [4.69, 9.17) is 9.16 Å². The zero-order valence-corrected chi connectivity index (χ0v) is 23.5. The summed E-state index contributed by atoms with van der Waals surface area (Å²) in [5.41, 5.74) is 3.13. The molecule has 0 bridgehead atoms. The number of benzene rings is 3. The molecule has 1 heterocycles. The SMILES string of the molecule is CC(C)[Si](Oc1ccc(C2Oc3ccc(O)c(F)c3S[C@H]2c2cccc(O)c2)cc1)(C(C)C)C(C)C. The molecular formula is C29H35FO4SSi. The second-order valence-corrected chi connectivity index (χ2v) is 16.9. The third kappa shape index (κ3) is 4.83. The van der Waals surface area contributed by atoms with Crippen LogP contribution in [0.2, 0.25) is 16.6 Å². The maximum atomic E-state index is 14.8. The largest absolute Gasteiger partial charge is 0.543 e. The van der Waals surface area contributed by atoms with E-state index in [1.165, 1.54) is 17.8 Å². The van der Waals surface area contributed by atoms with Crippen molar-refractivity contribution in [2.75, 3.05) is 0 Å². The van der Waals surface area contributed by atoms with Crippen LogP contribution in [0, 0.1) is 5.82 Å². The van der Waals surface area contributed by atoms with Gasteiger partial charge in [-0.2, -0.15) is 0 Å². The van der Waals surface area contributed by atoms with Crippen molar-refractivity contribution in [2.45, 2.75) is 74.4 Å². The first kappa shape index (κ1) is 26.4. The molecule has 1 aliphatic heterocycles. The highest BCUT2D eigenvalue weighted by atomic mass is 32.2. The molecule has 0 fully saturated rings. The van der Waals surface area contributed by atoms with Crippen LogP contribution in [-0.2, 0) is 0 Å². The van der Waals surface area contributed by atoms with E-state index in [0.29, 0.717) is 22.4 Å². The van der Waals surface area contributed by atoms with Crippen molar-refractivity contribution in [1.29, 1.82) is 0 Å². The smallest absolute Gasteiger partial charge is 0.258 e. The minimum Gasteiger partial charge on any atom is -0.543 e. The molecule has 1 aliphatic rings. The Kier molecular flexibility index (Phi) is 7.62. The monoisotopic (exact) mass is 526 g/mol. The Balaban J connectivity index is 1.71. The van der Waals surface area contributed by atoms with Gasteiger partial charge in [-0.05, 0) is 64.1 Å². The number of hydrogen-bond donors (Lipinski definition) is 2. The highest BCUT2D eigenvalue weighted by Crippen LogP contribution is 2.55. The molecule has 0 radical (unpaired) electrons. The van der Waals surface area contributed by atoms with Crippen molar-refractivity contribution in [1.82, 2.24) is 0 Å². The highest BCUT2D eigenvalue weighted by molar-refractivity contribution is 7.99. The lowest BCUT2D eigenvalue weighted by Gasteiger charge is -2.42. The van der Waals surface area contributed by atoms with E-state index in [2.05, 4.69) is 41.5 Å². The highest BCUT2D eigenvalue weighted by Gasteiger charge is 2.47. The third-order valence-electron chi connectivity index (χ3n) is 7.22. The van der Waals surface area contributed by atoms with Crippen molar-refractivity contribution >= 4 is 20.1 Å². The first-order valence-electron chi connectivity index (χ1n) is 12.5. The van der Waals surface area contributed by atoms with Crippen molar-refractivity contribution in [3.05, 3.63) is 77.6 Å². The molecule has 3 aromatic carbocycles. The summed E-state index contributed by atoms with van der Waals surface area (Å²) in [7, 11) is -2.09. The van der Waals surface area contributed by atoms with Gasteiger partial charge in [0, 0.05) is 0 Å². The van der Waals surface area contributed by atoms with Crippen molar-refractivity contribution in [3.63, 3.8) is 0 Å². The van der Waals surface area contributed by atoms with Crippen molar-refractivity contribution < 1.29 is 23.8 Å². The van der Waals surface area contributed by atoms with E-state index >= 15 is 0 Å². The zero-order valence-electron chi connectivity index (χ0n) is 21.7.